The fourth-order valence-corrected chi connectivity index (χ4v) is 3.77. The SMILES string of the molecule is O=C(OCc1ccccc1)N1CCC[C@@H](Cn2c(CO)nc3cccnc32)C1. The second-order valence-electron chi connectivity index (χ2n) is 7.14. The van der Waals surface area contributed by atoms with E-state index in [1.165, 1.54) is 0 Å². The molecule has 0 spiro atoms. The van der Waals surface area contributed by atoms with Crippen LogP contribution >= 0.6 is 0 Å². The van der Waals surface area contributed by atoms with Crippen LogP contribution in [0.25, 0.3) is 11.2 Å². The van der Waals surface area contributed by atoms with E-state index >= 15 is 0 Å². The third kappa shape index (κ3) is 3.99. The predicted octanol–water partition coefficient (Wildman–Crippen LogP) is 2.97. The molecule has 1 atom stereocenters. The topological polar surface area (TPSA) is 80.5 Å². The van der Waals surface area contributed by atoms with Gasteiger partial charge in [-0.3, -0.25) is 0 Å². The summed E-state index contributed by atoms with van der Waals surface area (Å²) in [4.78, 5) is 23.1. The number of aliphatic hydroxyl groups excluding tert-OH is 1. The number of benzene rings is 1. The fraction of sp³-hybridized carbons (Fsp3) is 0.381. The van der Waals surface area contributed by atoms with Crippen LogP contribution in [0.1, 0.15) is 24.2 Å². The van der Waals surface area contributed by atoms with Crippen molar-refractivity contribution in [1.29, 1.82) is 0 Å². The molecule has 1 aliphatic heterocycles. The van der Waals surface area contributed by atoms with Crippen LogP contribution in [0.2, 0.25) is 0 Å². The number of fused-ring (bicyclic) bond motifs is 1. The molecule has 0 saturated carbocycles. The van der Waals surface area contributed by atoms with Crippen LogP contribution in [0.5, 0.6) is 0 Å². The minimum absolute atomic E-state index is 0.133. The number of hydrogen-bond acceptors (Lipinski definition) is 5. The van der Waals surface area contributed by atoms with E-state index in [4.69, 9.17) is 4.74 Å². The van der Waals surface area contributed by atoms with Crippen molar-refractivity contribution in [3.8, 4) is 0 Å². The van der Waals surface area contributed by atoms with E-state index in [-0.39, 0.29) is 25.2 Å². The molecule has 0 aliphatic carbocycles. The van der Waals surface area contributed by atoms with Gasteiger partial charge in [0.25, 0.3) is 0 Å². The lowest BCUT2D eigenvalue weighted by Crippen LogP contribution is -2.41. The zero-order chi connectivity index (χ0) is 19.3. The Kier molecular flexibility index (Phi) is 5.53. The van der Waals surface area contributed by atoms with Crippen molar-refractivity contribution < 1.29 is 14.6 Å². The zero-order valence-electron chi connectivity index (χ0n) is 15.7. The molecule has 28 heavy (non-hydrogen) atoms. The highest BCUT2D eigenvalue weighted by Crippen LogP contribution is 2.23. The van der Waals surface area contributed by atoms with Crippen molar-refractivity contribution in [2.24, 2.45) is 5.92 Å². The van der Waals surface area contributed by atoms with E-state index in [0.29, 0.717) is 25.5 Å². The van der Waals surface area contributed by atoms with Crippen LogP contribution in [-0.2, 0) is 24.5 Å². The minimum atomic E-state index is -0.274. The summed E-state index contributed by atoms with van der Waals surface area (Å²) in [5.41, 5.74) is 2.53. The molecule has 1 fully saturated rings. The van der Waals surface area contributed by atoms with Gasteiger partial charge < -0.3 is 19.3 Å². The van der Waals surface area contributed by atoms with Crippen LogP contribution in [0.4, 0.5) is 4.79 Å². The molecular weight excluding hydrogens is 356 g/mol. The maximum Gasteiger partial charge on any atom is 0.410 e. The molecule has 2 aromatic heterocycles. The average molecular weight is 380 g/mol. The lowest BCUT2D eigenvalue weighted by Gasteiger charge is -2.32. The number of aliphatic hydroxyl groups is 1. The Morgan fingerprint density at radius 1 is 1.21 bits per heavy atom. The first-order chi connectivity index (χ1) is 13.7. The normalized spacial score (nSPS) is 17.0. The first-order valence-corrected chi connectivity index (χ1v) is 9.61. The lowest BCUT2D eigenvalue weighted by molar-refractivity contribution is 0.0767. The molecule has 7 heteroatoms. The van der Waals surface area contributed by atoms with Crippen molar-refractivity contribution in [3.05, 3.63) is 60.0 Å². The Morgan fingerprint density at radius 3 is 2.89 bits per heavy atom. The highest BCUT2D eigenvalue weighted by molar-refractivity contribution is 5.71. The number of aromatic nitrogens is 3. The van der Waals surface area contributed by atoms with E-state index in [1.807, 2.05) is 47.0 Å². The number of imidazole rings is 1. The van der Waals surface area contributed by atoms with Crippen molar-refractivity contribution in [2.75, 3.05) is 13.1 Å². The average Bonchev–Trinajstić information content (AvgIpc) is 3.10. The molecule has 7 nitrogen and oxygen atoms in total. The summed E-state index contributed by atoms with van der Waals surface area (Å²) >= 11 is 0. The number of piperidine rings is 1. The van der Waals surface area contributed by atoms with Gasteiger partial charge in [0.15, 0.2) is 5.65 Å². The van der Waals surface area contributed by atoms with Gasteiger partial charge in [-0.05, 0) is 36.5 Å². The molecule has 3 aromatic rings. The number of likely N-dealkylation sites (tertiary alicyclic amines) is 1. The van der Waals surface area contributed by atoms with E-state index in [1.54, 1.807) is 11.1 Å². The summed E-state index contributed by atoms with van der Waals surface area (Å²) in [6.07, 6.45) is 3.40. The number of nitrogens with zero attached hydrogens (tertiary/aromatic N) is 4. The Labute approximate surface area is 163 Å². The van der Waals surface area contributed by atoms with E-state index in [2.05, 4.69) is 9.97 Å². The minimum Gasteiger partial charge on any atom is -0.445 e. The van der Waals surface area contributed by atoms with Gasteiger partial charge in [0, 0.05) is 25.8 Å². The molecule has 0 radical (unpaired) electrons. The summed E-state index contributed by atoms with van der Waals surface area (Å²) in [6, 6.07) is 13.4. The number of hydrogen-bond donors (Lipinski definition) is 1. The second kappa shape index (κ2) is 8.39. The smallest absolute Gasteiger partial charge is 0.410 e. The van der Waals surface area contributed by atoms with E-state index < -0.39 is 0 Å². The van der Waals surface area contributed by atoms with Crippen LogP contribution in [0.15, 0.2) is 48.7 Å². The summed E-state index contributed by atoms with van der Waals surface area (Å²) in [5, 5.41) is 9.67. The molecule has 4 rings (SSSR count). The third-order valence-electron chi connectivity index (χ3n) is 5.15. The van der Waals surface area contributed by atoms with Gasteiger partial charge in [-0.2, -0.15) is 0 Å². The van der Waals surface area contributed by atoms with Crippen molar-refractivity contribution >= 4 is 17.3 Å². The zero-order valence-corrected chi connectivity index (χ0v) is 15.7. The summed E-state index contributed by atoms with van der Waals surface area (Å²) in [6.45, 7) is 2.16. The molecule has 0 unspecified atom stereocenters. The molecule has 1 saturated heterocycles. The molecule has 1 aliphatic rings. The molecule has 1 aromatic carbocycles. The van der Waals surface area contributed by atoms with Crippen molar-refractivity contribution in [1.82, 2.24) is 19.4 Å². The summed E-state index contributed by atoms with van der Waals surface area (Å²) in [7, 11) is 0. The lowest BCUT2D eigenvalue weighted by atomic mass is 9.98. The van der Waals surface area contributed by atoms with Gasteiger partial charge in [-0.15, -0.1) is 0 Å². The Bertz CT molecular complexity index is 941. The van der Waals surface area contributed by atoms with Crippen molar-refractivity contribution in [2.45, 2.75) is 32.6 Å². The Morgan fingerprint density at radius 2 is 2.07 bits per heavy atom. The van der Waals surface area contributed by atoms with Crippen molar-refractivity contribution in [3.63, 3.8) is 0 Å². The summed E-state index contributed by atoms with van der Waals surface area (Å²) in [5.74, 6) is 0.875. The van der Waals surface area contributed by atoms with Gasteiger partial charge in [-0.25, -0.2) is 14.8 Å². The maximum absolute atomic E-state index is 12.5. The second-order valence-corrected chi connectivity index (χ2v) is 7.14. The van der Waals surface area contributed by atoms with Gasteiger partial charge in [0.2, 0.25) is 0 Å². The molecule has 146 valence electrons. The number of carbonyl (C=O) groups is 1. The number of pyridine rings is 1. The molecular formula is C21H24N4O3. The predicted molar refractivity (Wildman–Crippen MR) is 104 cm³/mol. The quantitative estimate of drug-likeness (QED) is 0.736. The van der Waals surface area contributed by atoms with E-state index in [0.717, 1.165) is 29.6 Å². The number of ether oxygens (including phenoxy) is 1. The maximum atomic E-state index is 12.5. The summed E-state index contributed by atoms with van der Waals surface area (Å²) < 4.78 is 7.45. The van der Waals surface area contributed by atoms with E-state index in [9.17, 15) is 9.90 Å². The molecule has 1 amide bonds. The fourth-order valence-electron chi connectivity index (χ4n) is 3.77. The van der Waals surface area contributed by atoms with Gasteiger partial charge in [0.1, 0.15) is 24.6 Å². The number of carbonyl (C=O) groups excluding carboxylic acids is 1. The van der Waals surface area contributed by atoms with Crippen LogP contribution in [0, 0.1) is 5.92 Å². The van der Waals surface area contributed by atoms with Crippen LogP contribution < -0.4 is 0 Å². The molecule has 0 bridgehead atoms. The third-order valence-corrected chi connectivity index (χ3v) is 5.15. The highest BCUT2D eigenvalue weighted by Gasteiger charge is 2.26. The highest BCUT2D eigenvalue weighted by atomic mass is 16.6. The number of amides is 1. The largest absolute Gasteiger partial charge is 0.445 e. The van der Waals surface area contributed by atoms with Crippen LogP contribution in [0.3, 0.4) is 0 Å². The Hall–Kier alpha value is -2.93. The number of rotatable bonds is 5. The van der Waals surface area contributed by atoms with Crippen LogP contribution in [-0.4, -0.2) is 43.7 Å². The molecule has 3 heterocycles. The first-order valence-electron chi connectivity index (χ1n) is 9.61. The first kappa shape index (κ1) is 18.4. The standard InChI is InChI=1S/C21H24N4O3/c26-14-19-23-18-9-4-10-22-20(18)25(19)13-17-8-5-11-24(12-17)21(27)28-15-16-6-2-1-3-7-16/h1-4,6-7,9-10,17,26H,5,8,11-15H2/t17-/m1/s1. The molecule has 1 N–H and O–H groups in total. The van der Waals surface area contributed by atoms with Gasteiger partial charge in [0.05, 0.1) is 0 Å². The Balaban J connectivity index is 1.41. The monoisotopic (exact) mass is 380 g/mol. The van der Waals surface area contributed by atoms with Gasteiger partial charge >= 0.3 is 6.09 Å². The van der Waals surface area contributed by atoms with Gasteiger partial charge in [-0.1, -0.05) is 30.3 Å².